The second kappa shape index (κ2) is 7.61. The van der Waals surface area contributed by atoms with Crippen LogP contribution in [0, 0.1) is 0 Å². The molecule has 0 saturated carbocycles. The molecule has 1 aromatic heterocycles. The van der Waals surface area contributed by atoms with E-state index in [1.165, 1.54) is 0 Å². The van der Waals surface area contributed by atoms with Gasteiger partial charge >= 0.3 is 0 Å². The minimum absolute atomic E-state index is 0.00354. The molecule has 0 spiro atoms. The van der Waals surface area contributed by atoms with Crippen molar-refractivity contribution < 1.29 is 13.5 Å². The molecule has 0 fully saturated rings. The van der Waals surface area contributed by atoms with Gasteiger partial charge in [0.2, 0.25) is 0 Å². The molecule has 1 aromatic rings. The van der Waals surface area contributed by atoms with Crippen LogP contribution in [-0.4, -0.2) is 30.7 Å². The first-order valence-corrected chi connectivity index (χ1v) is 5.80. The Bertz CT molecular complexity index is 272. The highest BCUT2D eigenvalue weighted by Gasteiger charge is 2.10. The van der Waals surface area contributed by atoms with Crippen LogP contribution in [0.2, 0.25) is 0 Å². The normalized spacial score (nSPS) is 13.2. The maximum atomic E-state index is 11.8. The van der Waals surface area contributed by atoms with Gasteiger partial charge < -0.3 is 4.74 Å². The smallest absolute Gasteiger partial charge is 0.261 e. The van der Waals surface area contributed by atoms with Crippen LogP contribution in [0.25, 0.3) is 0 Å². The fourth-order valence-corrected chi connectivity index (χ4v) is 1.90. The van der Waals surface area contributed by atoms with Gasteiger partial charge in [-0.25, -0.2) is 13.8 Å². The molecule has 4 nitrogen and oxygen atoms in total. The van der Waals surface area contributed by atoms with E-state index < -0.39 is 13.0 Å². The van der Waals surface area contributed by atoms with Crippen molar-refractivity contribution in [2.45, 2.75) is 25.3 Å². The molecule has 1 heterocycles. The Morgan fingerprint density at radius 3 is 2.94 bits per heavy atom. The fourth-order valence-electron chi connectivity index (χ4n) is 1.21. The molecule has 1 atom stereocenters. The first-order valence-electron chi connectivity index (χ1n) is 4.92. The standard InChI is InChI=1S/C9H15F2N3OS/c10-8(11)6-15-3-1-7(14-12)5-9-13-2-4-16-9/h2,4,7-8,14H,1,3,5-6,12H2. The Kier molecular flexibility index (Phi) is 6.39. The van der Waals surface area contributed by atoms with Gasteiger partial charge in [0.05, 0.1) is 5.01 Å². The van der Waals surface area contributed by atoms with E-state index in [0.717, 1.165) is 5.01 Å². The molecule has 1 rings (SSSR count). The number of rotatable bonds is 8. The highest BCUT2D eigenvalue weighted by Crippen LogP contribution is 2.08. The minimum atomic E-state index is -2.41. The third-order valence-electron chi connectivity index (χ3n) is 1.99. The SMILES string of the molecule is NNC(CCOCC(F)F)Cc1nccs1. The molecule has 0 aromatic carbocycles. The van der Waals surface area contributed by atoms with E-state index in [2.05, 4.69) is 10.4 Å². The zero-order chi connectivity index (χ0) is 11.8. The number of thiazole rings is 1. The summed E-state index contributed by atoms with van der Waals surface area (Å²) in [6, 6.07) is 0.00354. The van der Waals surface area contributed by atoms with Crippen LogP contribution in [0.3, 0.4) is 0 Å². The first-order chi connectivity index (χ1) is 7.72. The summed E-state index contributed by atoms with van der Waals surface area (Å²) in [6.07, 6.45) is 0.582. The molecule has 3 N–H and O–H groups in total. The van der Waals surface area contributed by atoms with Gasteiger partial charge in [-0.05, 0) is 6.42 Å². The van der Waals surface area contributed by atoms with Gasteiger partial charge in [0.25, 0.3) is 6.43 Å². The van der Waals surface area contributed by atoms with Crippen LogP contribution in [-0.2, 0) is 11.2 Å². The Balaban J connectivity index is 2.17. The third kappa shape index (κ3) is 5.45. The monoisotopic (exact) mass is 251 g/mol. The highest BCUT2D eigenvalue weighted by atomic mass is 32.1. The average Bonchev–Trinajstić information content (AvgIpc) is 2.75. The molecule has 0 saturated heterocycles. The molecule has 1 unspecified atom stereocenters. The lowest BCUT2D eigenvalue weighted by Gasteiger charge is -2.14. The first kappa shape index (κ1) is 13.4. The Morgan fingerprint density at radius 2 is 2.38 bits per heavy atom. The predicted octanol–water partition coefficient (Wildman–Crippen LogP) is 1.19. The van der Waals surface area contributed by atoms with Crippen LogP contribution in [0.15, 0.2) is 11.6 Å². The van der Waals surface area contributed by atoms with E-state index >= 15 is 0 Å². The van der Waals surface area contributed by atoms with Gasteiger partial charge in [-0.15, -0.1) is 11.3 Å². The van der Waals surface area contributed by atoms with Crippen molar-refractivity contribution in [1.82, 2.24) is 10.4 Å². The summed E-state index contributed by atoms with van der Waals surface area (Å²) < 4.78 is 28.3. The molecular weight excluding hydrogens is 236 g/mol. The topological polar surface area (TPSA) is 60.2 Å². The molecule has 0 amide bonds. The molecule has 0 aliphatic heterocycles. The van der Waals surface area contributed by atoms with Gasteiger partial charge in [0, 0.05) is 30.6 Å². The van der Waals surface area contributed by atoms with Crippen LogP contribution < -0.4 is 11.3 Å². The summed E-state index contributed by atoms with van der Waals surface area (Å²) in [5, 5.41) is 2.85. The number of aromatic nitrogens is 1. The lowest BCUT2D eigenvalue weighted by molar-refractivity contribution is 0.0144. The Labute approximate surface area is 96.8 Å². The maximum Gasteiger partial charge on any atom is 0.261 e. The van der Waals surface area contributed by atoms with Crippen molar-refractivity contribution in [3.63, 3.8) is 0 Å². The number of hydrogen-bond donors (Lipinski definition) is 2. The summed E-state index contributed by atoms with van der Waals surface area (Å²) in [5.74, 6) is 5.35. The van der Waals surface area contributed by atoms with Crippen molar-refractivity contribution in [3.05, 3.63) is 16.6 Å². The lowest BCUT2D eigenvalue weighted by atomic mass is 10.1. The molecular formula is C9H15F2N3OS. The van der Waals surface area contributed by atoms with Gasteiger partial charge in [-0.2, -0.15) is 0 Å². The van der Waals surface area contributed by atoms with Crippen molar-refractivity contribution in [1.29, 1.82) is 0 Å². The fraction of sp³-hybridized carbons (Fsp3) is 0.667. The van der Waals surface area contributed by atoms with Crippen molar-refractivity contribution in [3.8, 4) is 0 Å². The quantitative estimate of drug-likeness (QED) is 0.414. The summed E-state index contributed by atoms with van der Waals surface area (Å²) in [6.45, 7) is -0.251. The number of nitrogens with two attached hydrogens (primary N) is 1. The number of hydrazine groups is 1. The van der Waals surface area contributed by atoms with Crippen LogP contribution in [0.4, 0.5) is 8.78 Å². The number of ether oxygens (including phenoxy) is 1. The second-order valence-electron chi connectivity index (χ2n) is 3.25. The summed E-state index contributed by atoms with van der Waals surface area (Å²) >= 11 is 1.54. The molecule has 7 heteroatoms. The van der Waals surface area contributed by atoms with E-state index in [4.69, 9.17) is 10.6 Å². The molecule has 0 aliphatic rings. The summed E-state index contributed by atoms with van der Waals surface area (Å²) in [5.41, 5.74) is 2.63. The van der Waals surface area contributed by atoms with E-state index in [9.17, 15) is 8.78 Å². The molecule has 16 heavy (non-hydrogen) atoms. The maximum absolute atomic E-state index is 11.8. The van der Waals surface area contributed by atoms with E-state index in [-0.39, 0.29) is 12.6 Å². The molecule has 0 bridgehead atoms. The van der Waals surface area contributed by atoms with Crippen molar-refractivity contribution >= 4 is 11.3 Å². The number of hydrogen-bond acceptors (Lipinski definition) is 5. The summed E-state index contributed by atoms with van der Waals surface area (Å²) in [7, 11) is 0. The van der Waals surface area contributed by atoms with E-state index in [1.807, 2.05) is 5.38 Å². The zero-order valence-corrected chi connectivity index (χ0v) is 9.55. The number of nitrogens with zero attached hydrogens (tertiary/aromatic N) is 1. The molecule has 92 valence electrons. The van der Waals surface area contributed by atoms with Crippen LogP contribution in [0.1, 0.15) is 11.4 Å². The average molecular weight is 251 g/mol. The van der Waals surface area contributed by atoms with Gasteiger partial charge in [-0.3, -0.25) is 11.3 Å². The largest absolute Gasteiger partial charge is 0.375 e. The minimum Gasteiger partial charge on any atom is -0.375 e. The van der Waals surface area contributed by atoms with Gasteiger partial charge in [-0.1, -0.05) is 0 Å². The van der Waals surface area contributed by atoms with Crippen molar-refractivity contribution in [2.24, 2.45) is 5.84 Å². The lowest BCUT2D eigenvalue weighted by Crippen LogP contribution is -2.37. The van der Waals surface area contributed by atoms with Crippen LogP contribution >= 0.6 is 11.3 Å². The summed E-state index contributed by atoms with van der Waals surface area (Å²) in [4.78, 5) is 4.12. The Morgan fingerprint density at radius 1 is 1.56 bits per heavy atom. The molecule has 0 radical (unpaired) electrons. The number of nitrogens with one attached hydrogen (secondary N) is 1. The number of alkyl halides is 2. The van der Waals surface area contributed by atoms with Gasteiger partial charge in [0.15, 0.2) is 0 Å². The Hall–Kier alpha value is -0.630. The number of halogens is 2. The second-order valence-corrected chi connectivity index (χ2v) is 4.23. The van der Waals surface area contributed by atoms with Crippen molar-refractivity contribution in [2.75, 3.05) is 13.2 Å². The zero-order valence-electron chi connectivity index (χ0n) is 8.73. The van der Waals surface area contributed by atoms with E-state index in [0.29, 0.717) is 12.8 Å². The van der Waals surface area contributed by atoms with Crippen LogP contribution in [0.5, 0.6) is 0 Å². The molecule has 0 aliphatic carbocycles. The highest BCUT2D eigenvalue weighted by molar-refractivity contribution is 7.09. The predicted molar refractivity (Wildman–Crippen MR) is 58.4 cm³/mol. The van der Waals surface area contributed by atoms with E-state index in [1.54, 1.807) is 17.5 Å². The van der Waals surface area contributed by atoms with Gasteiger partial charge in [0.1, 0.15) is 6.61 Å². The third-order valence-corrected chi connectivity index (χ3v) is 2.80.